The van der Waals surface area contributed by atoms with Crippen LogP contribution in [0.5, 0.6) is 0 Å². The smallest absolute Gasteiger partial charge is 0.0825 e. The van der Waals surface area contributed by atoms with E-state index in [1.165, 1.54) is 94.6 Å². The lowest BCUT2D eigenvalue weighted by Crippen LogP contribution is -2.20. The van der Waals surface area contributed by atoms with Gasteiger partial charge in [0, 0.05) is 0 Å². The first kappa shape index (κ1) is 20.5. The summed E-state index contributed by atoms with van der Waals surface area (Å²) in [4.78, 5) is 0. The SMILES string of the molecule is CCCCCCCc1ccc(C2CCC(CCCCCC)CO2)cc1. The Morgan fingerprint density at radius 3 is 2.12 bits per heavy atom. The van der Waals surface area contributed by atoms with Gasteiger partial charge in [-0.2, -0.15) is 0 Å². The molecule has 1 heteroatoms. The van der Waals surface area contributed by atoms with Crippen LogP contribution in [0.3, 0.4) is 0 Å². The molecule has 0 bridgehead atoms. The Balaban J connectivity index is 1.65. The van der Waals surface area contributed by atoms with Gasteiger partial charge in [0.15, 0.2) is 0 Å². The van der Waals surface area contributed by atoms with E-state index in [-0.39, 0.29) is 0 Å². The van der Waals surface area contributed by atoms with Gasteiger partial charge in [0.1, 0.15) is 0 Å². The Morgan fingerprint density at radius 2 is 1.48 bits per heavy atom. The highest BCUT2D eigenvalue weighted by Gasteiger charge is 2.22. The van der Waals surface area contributed by atoms with E-state index < -0.39 is 0 Å². The van der Waals surface area contributed by atoms with Crippen molar-refractivity contribution in [1.29, 1.82) is 0 Å². The number of unbranched alkanes of at least 4 members (excludes halogenated alkanes) is 7. The molecule has 142 valence electrons. The largest absolute Gasteiger partial charge is 0.373 e. The summed E-state index contributed by atoms with van der Waals surface area (Å²) in [5.74, 6) is 0.801. The second kappa shape index (κ2) is 12.5. The summed E-state index contributed by atoms with van der Waals surface area (Å²) in [7, 11) is 0. The minimum absolute atomic E-state index is 0.338. The van der Waals surface area contributed by atoms with Gasteiger partial charge >= 0.3 is 0 Å². The summed E-state index contributed by atoms with van der Waals surface area (Å²) < 4.78 is 6.20. The van der Waals surface area contributed by atoms with Crippen molar-refractivity contribution in [2.24, 2.45) is 5.92 Å². The highest BCUT2D eigenvalue weighted by Crippen LogP contribution is 2.32. The summed E-state index contributed by atoms with van der Waals surface area (Å²) in [6.07, 6.45) is 17.8. The molecule has 0 amide bonds. The summed E-state index contributed by atoms with van der Waals surface area (Å²) >= 11 is 0. The maximum Gasteiger partial charge on any atom is 0.0825 e. The lowest BCUT2D eigenvalue weighted by Gasteiger charge is -2.29. The number of aryl methyl sites for hydroxylation is 1. The van der Waals surface area contributed by atoms with Gasteiger partial charge in [-0.05, 0) is 49.1 Å². The number of rotatable bonds is 12. The Hall–Kier alpha value is -0.820. The molecule has 0 spiro atoms. The van der Waals surface area contributed by atoms with Crippen LogP contribution in [0.25, 0.3) is 0 Å². The number of ether oxygens (including phenoxy) is 1. The third kappa shape index (κ3) is 7.94. The molecule has 2 unspecified atom stereocenters. The molecule has 0 aliphatic carbocycles. The van der Waals surface area contributed by atoms with E-state index in [1.54, 1.807) is 0 Å². The van der Waals surface area contributed by atoms with Gasteiger partial charge < -0.3 is 4.74 Å². The highest BCUT2D eigenvalue weighted by atomic mass is 16.5. The predicted molar refractivity (Wildman–Crippen MR) is 109 cm³/mol. The molecule has 1 aliphatic heterocycles. The lowest BCUT2D eigenvalue weighted by molar-refractivity contribution is -0.0199. The fraction of sp³-hybridized carbons (Fsp3) is 0.750. The fourth-order valence-electron chi connectivity index (χ4n) is 3.99. The van der Waals surface area contributed by atoms with Crippen LogP contribution in [0, 0.1) is 5.92 Å². The van der Waals surface area contributed by atoms with Crippen LogP contribution in [0.2, 0.25) is 0 Å². The Bertz CT molecular complexity index is 428. The first-order valence-electron chi connectivity index (χ1n) is 11.0. The van der Waals surface area contributed by atoms with E-state index in [0.717, 1.165) is 12.5 Å². The number of benzene rings is 1. The van der Waals surface area contributed by atoms with Crippen LogP contribution >= 0.6 is 0 Å². The summed E-state index contributed by atoms with van der Waals surface area (Å²) in [5, 5.41) is 0. The lowest BCUT2D eigenvalue weighted by atomic mass is 9.90. The average molecular weight is 345 g/mol. The summed E-state index contributed by atoms with van der Waals surface area (Å²) in [6.45, 7) is 5.53. The minimum atomic E-state index is 0.338. The zero-order valence-electron chi connectivity index (χ0n) is 16.8. The second-order valence-corrected chi connectivity index (χ2v) is 8.02. The molecule has 1 heterocycles. The van der Waals surface area contributed by atoms with Gasteiger partial charge in [-0.25, -0.2) is 0 Å². The molecule has 1 nitrogen and oxygen atoms in total. The first-order chi connectivity index (χ1) is 12.3. The maximum absolute atomic E-state index is 6.20. The minimum Gasteiger partial charge on any atom is -0.373 e. The maximum atomic E-state index is 6.20. The second-order valence-electron chi connectivity index (χ2n) is 8.02. The molecule has 1 aromatic rings. The zero-order valence-corrected chi connectivity index (χ0v) is 16.8. The van der Waals surface area contributed by atoms with Crippen LogP contribution in [0.15, 0.2) is 24.3 Å². The predicted octanol–water partition coefficient (Wildman–Crippen LogP) is 7.64. The fourth-order valence-corrected chi connectivity index (χ4v) is 3.99. The molecule has 0 N–H and O–H groups in total. The van der Waals surface area contributed by atoms with Crippen LogP contribution in [0.1, 0.15) is 108 Å². The van der Waals surface area contributed by atoms with Crippen LogP contribution in [0.4, 0.5) is 0 Å². The average Bonchev–Trinajstić information content (AvgIpc) is 2.66. The molecule has 2 atom stereocenters. The molecule has 25 heavy (non-hydrogen) atoms. The van der Waals surface area contributed by atoms with E-state index in [0.29, 0.717) is 6.10 Å². The van der Waals surface area contributed by atoms with Crippen molar-refractivity contribution in [2.45, 2.75) is 103 Å². The van der Waals surface area contributed by atoms with Gasteiger partial charge in [-0.3, -0.25) is 0 Å². The number of hydrogen-bond donors (Lipinski definition) is 0. The molecular weight excluding hydrogens is 304 g/mol. The van der Waals surface area contributed by atoms with E-state index >= 15 is 0 Å². The number of hydrogen-bond acceptors (Lipinski definition) is 1. The standard InChI is InChI=1S/C24H40O/c1-3-5-7-9-11-12-21-14-17-23(18-15-21)24-19-16-22(20-25-24)13-10-8-6-4-2/h14-15,17-18,22,24H,3-13,16,19-20H2,1-2H3. The third-order valence-electron chi connectivity index (χ3n) is 5.76. The van der Waals surface area contributed by atoms with Gasteiger partial charge in [0.2, 0.25) is 0 Å². The molecular formula is C24H40O. The molecule has 1 aliphatic rings. The Morgan fingerprint density at radius 1 is 0.800 bits per heavy atom. The first-order valence-corrected chi connectivity index (χ1v) is 11.0. The Labute approximate surface area is 156 Å². The zero-order chi connectivity index (χ0) is 17.7. The van der Waals surface area contributed by atoms with Crippen molar-refractivity contribution in [3.05, 3.63) is 35.4 Å². The van der Waals surface area contributed by atoms with E-state index in [4.69, 9.17) is 4.74 Å². The van der Waals surface area contributed by atoms with Crippen LogP contribution < -0.4 is 0 Å². The molecule has 0 radical (unpaired) electrons. The monoisotopic (exact) mass is 344 g/mol. The third-order valence-corrected chi connectivity index (χ3v) is 5.76. The van der Waals surface area contributed by atoms with Crippen LogP contribution in [-0.2, 0) is 11.2 Å². The van der Waals surface area contributed by atoms with Crippen molar-refractivity contribution in [3.8, 4) is 0 Å². The van der Waals surface area contributed by atoms with Gasteiger partial charge in [0.25, 0.3) is 0 Å². The van der Waals surface area contributed by atoms with Gasteiger partial charge in [0.05, 0.1) is 12.7 Å². The summed E-state index contributed by atoms with van der Waals surface area (Å²) in [5.41, 5.74) is 2.88. The normalized spacial score (nSPS) is 20.7. The van der Waals surface area contributed by atoms with Crippen molar-refractivity contribution < 1.29 is 4.74 Å². The topological polar surface area (TPSA) is 9.23 Å². The van der Waals surface area contributed by atoms with E-state index in [1.807, 2.05) is 0 Å². The van der Waals surface area contributed by atoms with Crippen molar-refractivity contribution >= 4 is 0 Å². The molecule has 1 saturated heterocycles. The summed E-state index contributed by atoms with van der Waals surface area (Å²) in [6, 6.07) is 9.28. The van der Waals surface area contributed by atoms with E-state index in [9.17, 15) is 0 Å². The van der Waals surface area contributed by atoms with Crippen molar-refractivity contribution in [1.82, 2.24) is 0 Å². The Kier molecular flexibility index (Phi) is 10.3. The molecule has 1 fully saturated rings. The van der Waals surface area contributed by atoms with Crippen molar-refractivity contribution in [2.75, 3.05) is 6.61 Å². The van der Waals surface area contributed by atoms with Crippen LogP contribution in [-0.4, -0.2) is 6.61 Å². The van der Waals surface area contributed by atoms with Crippen molar-refractivity contribution in [3.63, 3.8) is 0 Å². The molecule has 1 aromatic carbocycles. The van der Waals surface area contributed by atoms with E-state index in [2.05, 4.69) is 38.1 Å². The quantitative estimate of drug-likeness (QED) is 0.354. The molecule has 0 saturated carbocycles. The molecule has 2 rings (SSSR count). The highest BCUT2D eigenvalue weighted by molar-refractivity contribution is 5.24. The van der Waals surface area contributed by atoms with Gasteiger partial charge in [-0.1, -0.05) is 89.5 Å². The molecule has 0 aromatic heterocycles. The van der Waals surface area contributed by atoms with Gasteiger partial charge in [-0.15, -0.1) is 0 Å².